The molecule has 2 heterocycles. The SMILES string of the molecule is COc1cccc([C@@H](CN2CCN(C(=O)c3c(-c4ccccc4Cl)noc3C)CC2)OCc2cccc(Cl)c2)c1. The summed E-state index contributed by atoms with van der Waals surface area (Å²) in [5.74, 6) is 1.16. The molecule has 0 saturated carbocycles. The molecule has 7 nitrogen and oxygen atoms in total. The Hall–Kier alpha value is -3.36. The van der Waals surface area contributed by atoms with Gasteiger partial charge >= 0.3 is 0 Å². The van der Waals surface area contributed by atoms with Gasteiger partial charge in [-0.3, -0.25) is 9.69 Å². The van der Waals surface area contributed by atoms with Crippen molar-refractivity contribution in [3.8, 4) is 17.0 Å². The van der Waals surface area contributed by atoms with Crippen molar-refractivity contribution in [2.24, 2.45) is 0 Å². The van der Waals surface area contributed by atoms with E-state index in [1.54, 1.807) is 20.1 Å². The summed E-state index contributed by atoms with van der Waals surface area (Å²) in [5, 5.41) is 5.37. The average Bonchev–Trinajstić information content (AvgIpc) is 3.36. The average molecular weight is 581 g/mol. The van der Waals surface area contributed by atoms with Crippen LogP contribution in [0.3, 0.4) is 0 Å². The number of rotatable bonds is 9. The Morgan fingerprint density at radius 3 is 2.52 bits per heavy atom. The fraction of sp³-hybridized carbons (Fsp3) is 0.290. The van der Waals surface area contributed by atoms with Gasteiger partial charge in [-0.1, -0.05) is 70.8 Å². The summed E-state index contributed by atoms with van der Waals surface area (Å²) >= 11 is 12.6. The van der Waals surface area contributed by atoms with Crippen LogP contribution in [0.4, 0.5) is 0 Å². The predicted molar refractivity (Wildman–Crippen MR) is 156 cm³/mol. The second-order valence-electron chi connectivity index (χ2n) is 9.74. The van der Waals surface area contributed by atoms with Crippen molar-refractivity contribution in [3.63, 3.8) is 0 Å². The van der Waals surface area contributed by atoms with Gasteiger partial charge in [-0.15, -0.1) is 0 Å². The first-order chi connectivity index (χ1) is 19.4. The number of aryl methyl sites for hydroxylation is 1. The third kappa shape index (κ3) is 6.50. The fourth-order valence-corrected chi connectivity index (χ4v) is 5.35. The zero-order valence-electron chi connectivity index (χ0n) is 22.5. The van der Waals surface area contributed by atoms with Gasteiger partial charge in [-0.05, 0) is 48.4 Å². The zero-order valence-corrected chi connectivity index (χ0v) is 24.0. The topological polar surface area (TPSA) is 68.0 Å². The summed E-state index contributed by atoms with van der Waals surface area (Å²) in [5.41, 5.74) is 3.66. The van der Waals surface area contributed by atoms with Crippen LogP contribution in [-0.4, -0.2) is 60.7 Å². The number of amides is 1. The fourth-order valence-electron chi connectivity index (χ4n) is 4.91. The molecule has 1 saturated heterocycles. The molecule has 1 fully saturated rings. The van der Waals surface area contributed by atoms with Crippen LogP contribution in [0.1, 0.15) is 33.3 Å². The van der Waals surface area contributed by atoms with Gasteiger partial charge in [0.15, 0.2) is 0 Å². The molecule has 1 atom stereocenters. The van der Waals surface area contributed by atoms with E-state index >= 15 is 0 Å². The summed E-state index contributed by atoms with van der Waals surface area (Å²) in [6, 6.07) is 23.0. The number of hydrogen-bond donors (Lipinski definition) is 0. The molecule has 0 N–H and O–H groups in total. The van der Waals surface area contributed by atoms with Gasteiger partial charge in [0.1, 0.15) is 22.8 Å². The summed E-state index contributed by atoms with van der Waals surface area (Å²) in [7, 11) is 1.66. The second kappa shape index (κ2) is 12.9. The molecule has 1 aliphatic rings. The molecule has 5 rings (SSSR count). The minimum absolute atomic E-state index is 0.102. The molecular weight excluding hydrogens is 549 g/mol. The molecule has 40 heavy (non-hydrogen) atoms. The van der Waals surface area contributed by atoms with Crippen LogP contribution in [-0.2, 0) is 11.3 Å². The first-order valence-corrected chi connectivity index (χ1v) is 13.9. The number of hydrogen-bond acceptors (Lipinski definition) is 6. The molecule has 1 aromatic heterocycles. The number of piperazine rings is 1. The van der Waals surface area contributed by atoms with E-state index in [1.807, 2.05) is 65.6 Å². The normalized spacial score (nSPS) is 14.8. The van der Waals surface area contributed by atoms with Gasteiger partial charge in [0.25, 0.3) is 5.91 Å². The van der Waals surface area contributed by atoms with E-state index in [4.69, 9.17) is 37.2 Å². The lowest BCUT2D eigenvalue weighted by Gasteiger charge is -2.36. The van der Waals surface area contributed by atoms with Crippen LogP contribution in [0.15, 0.2) is 77.3 Å². The molecule has 9 heteroatoms. The lowest BCUT2D eigenvalue weighted by molar-refractivity contribution is 0.00333. The molecule has 0 radical (unpaired) electrons. The number of carbonyl (C=O) groups excluding carboxylic acids is 1. The third-order valence-electron chi connectivity index (χ3n) is 7.09. The van der Waals surface area contributed by atoms with Crippen molar-refractivity contribution in [1.29, 1.82) is 0 Å². The molecular formula is C31H31Cl2N3O4. The van der Waals surface area contributed by atoms with Crippen LogP contribution >= 0.6 is 23.2 Å². The molecule has 0 aliphatic carbocycles. The summed E-state index contributed by atoms with van der Waals surface area (Å²) in [6.07, 6.45) is -0.191. The summed E-state index contributed by atoms with van der Waals surface area (Å²) in [4.78, 5) is 17.8. The molecule has 4 aromatic rings. The lowest BCUT2D eigenvalue weighted by atomic mass is 10.0. The van der Waals surface area contributed by atoms with E-state index < -0.39 is 0 Å². The van der Waals surface area contributed by atoms with Gasteiger partial charge in [0.05, 0.1) is 24.8 Å². The Morgan fingerprint density at radius 1 is 1.00 bits per heavy atom. The van der Waals surface area contributed by atoms with Gasteiger partial charge in [-0.25, -0.2) is 0 Å². The highest BCUT2D eigenvalue weighted by molar-refractivity contribution is 6.33. The number of nitrogens with zero attached hydrogens (tertiary/aromatic N) is 3. The summed E-state index contributed by atoms with van der Waals surface area (Å²) in [6.45, 7) is 5.42. The first-order valence-electron chi connectivity index (χ1n) is 13.2. The van der Waals surface area contributed by atoms with Crippen LogP contribution in [0.25, 0.3) is 11.3 Å². The van der Waals surface area contributed by atoms with Crippen molar-refractivity contribution in [1.82, 2.24) is 15.0 Å². The minimum Gasteiger partial charge on any atom is -0.497 e. The Labute approximate surface area is 244 Å². The van der Waals surface area contributed by atoms with E-state index in [0.717, 1.165) is 16.9 Å². The number of benzene rings is 3. The Bertz CT molecular complexity index is 1470. The largest absolute Gasteiger partial charge is 0.497 e. The third-order valence-corrected chi connectivity index (χ3v) is 7.66. The Balaban J connectivity index is 1.27. The number of methoxy groups -OCH3 is 1. The van der Waals surface area contributed by atoms with Gasteiger partial charge in [0.2, 0.25) is 0 Å². The maximum atomic E-state index is 13.6. The molecule has 208 valence electrons. The number of aromatic nitrogens is 1. The van der Waals surface area contributed by atoms with Gasteiger partial charge < -0.3 is 18.9 Å². The van der Waals surface area contributed by atoms with Gasteiger partial charge in [-0.2, -0.15) is 0 Å². The quantitative estimate of drug-likeness (QED) is 0.220. The highest BCUT2D eigenvalue weighted by Gasteiger charge is 2.30. The smallest absolute Gasteiger partial charge is 0.259 e. The minimum atomic E-state index is -0.191. The van der Waals surface area contributed by atoms with Crippen molar-refractivity contribution in [2.45, 2.75) is 19.6 Å². The number of carbonyl (C=O) groups is 1. The maximum Gasteiger partial charge on any atom is 0.259 e. The Morgan fingerprint density at radius 2 is 1.77 bits per heavy atom. The van der Waals surface area contributed by atoms with Crippen molar-refractivity contribution in [3.05, 3.63) is 105 Å². The van der Waals surface area contributed by atoms with E-state index in [9.17, 15) is 4.79 Å². The van der Waals surface area contributed by atoms with E-state index in [-0.39, 0.29) is 12.0 Å². The van der Waals surface area contributed by atoms with E-state index in [2.05, 4.69) is 16.1 Å². The maximum absolute atomic E-state index is 13.6. The predicted octanol–water partition coefficient (Wildman–Crippen LogP) is 6.68. The van der Waals surface area contributed by atoms with Crippen LogP contribution in [0.2, 0.25) is 10.0 Å². The van der Waals surface area contributed by atoms with Gasteiger partial charge in [0, 0.05) is 43.3 Å². The van der Waals surface area contributed by atoms with E-state index in [0.29, 0.717) is 72.0 Å². The van der Waals surface area contributed by atoms with E-state index in [1.165, 1.54) is 0 Å². The van der Waals surface area contributed by atoms with Crippen LogP contribution in [0, 0.1) is 6.92 Å². The highest BCUT2D eigenvalue weighted by atomic mass is 35.5. The molecule has 0 spiro atoms. The number of halogens is 2. The Kier molecular flexibility index (Phi) is 9.07. The second-order valence-corrected chi connectivity index (χ2v) is 10.6. The first kappa shape index (κ1) is 28.2. The number of ether oxygens (including phenoxy) is 2. The zero-order chi connectivity index (χ0) is 28.1. The van der Waals surface area contributed by atoms with Crippen molar-refractivity contribution in [2.75, 3.05) is 39.8 Å². The lowest BCUT2D eigenvalue weighted by Crippen LogP contribution is -2.49. The molecule has 1 amide bonds. The highest BCUT2D eigenvalue weighted by Crippen LogP contribution is 2.32. The van der Waals surface area contributed by atoms with Crippen LogP contribution < -0.4 is 4.74 Å². The van der Waals surface area contributed by atoms with Crippen molar-refractivity contribution >= 4 is 29.1 Å². The molecule has 0 unspecified atom stereocenters. The summed E-state index contributed by atoms with van der Waals surface area (Å²) < 4.78 is 17.3. The molecule has 1 aliphatic heterocycles. The molecule has 0 bridgehead atoms. The molecule has 3 aromatic carbocycles. The van der Waals surface area contributed by atoms with Crippen molar-refractivity contribution < 1.29 is 18.8 Å². The van der Waals surface area contributed by atoms with Crippen LogP contribution in [0.5, 0.6) is 5.75 Å². The standard InChI is InChI=1S/C31H31Cl2N3O4/c1-21-29(30(34-40-21)26-11-3-4-12-27(26)33)31(37)36-15-13-35(14-16-36)19-28(23-8-6-10-25(18-23)38-2)39-20-22-7-5-9-24(32)17-22/h3-12,17-18,28H,13-16,19-20H2,1-2H3/t28-/m1/s1. The monoisotopic (exact) mass is 579 g/mol.